The molecule has 1 amide bonds. The van der Waals surface area contributed by atoms with E-state index in [1.807, 2.05) is 0 Å². The predicted octanol–water partition coefficient (Wildman–Crippen LogP) is 16.1. The predicted molar refractivity (Wildman–Crippen MR) is 264 cm³/mol. The molecule has 0 fully saturated rings. The number of rotatable bonds is 48. The zero-order chi connectivity index (χ0) is 44.5. The van der Waals surface area contributed by atoms with Crippen molar-refractivity contribution in [2.75, 3.05) is 6.61 Å². The third kappa shape index (κ3) is 44.5. The molecule has 0 rings (SSSR count). The largest absolute Gasteiger partial charge is 0.462 e. The summed E-state index contributed by atoms with van der Waals surface area (Å²) in [5, 5.41) is 23.8. The average molecular weight is 858 g/mol. The monoisotopic (exact) mass is 858 g/mol. The van der Waals surface area contributed by atoms with E-state index in [1.54, 1.807) is 0 Å². The van der Waals surface area contributed by atoms with Gasteiger partial charge in [-0.15, -0.1) is 0 Å². The molecule has 0 heterocycles. The summed E-state index contributed by atoms with van der Waals surface area (Å²) in [5.41, 5.74) is 0. The summed E-state index contributed by atoms with van der Waals surface area (Å²) >= 11 is 0. The molecule has 6 nitrogen and oxygen atoms in total. The summed E-state index contributed by atoms with van der Waals surface area (Å²) in [4.78, 5) is 26.1. The number of carbonyl (C=O) groups is 2. The van der Waals surface area contributed by atoms with Crippen molar-refractivity contribution in [3.8, 4) is 0 Å². The van der Waals surface area contributed by atoms with Gasteiger partial charge in [-0.3, -0.25) is 9.59 Å². The molecule has 0 aliphatic heterocycles. The van der Waals surface area contributed by atoms with Gasteiger partial charge < -0.3 is 20.3 Å². The SMILES string of the molecule is CCCCC/C=C\C/C=C\C/C=C\CCCCCCCCC(=O)OC(CCCCCCCCCCC)CC(=O)NC(CO)C(O)CCCCCCCCCCCCCCCC. The number of amides is 1. The Morgan fingerprint density at radius 2 is 0.836 bits per heavy atom. The van der Waals surface area contributed by atoms with Crippen LogP contribution in [0.2, 0.25) is 0 Å². The standard InChI is InChI=1S/C55H103NO5/c1-4-7-10-13-16-19-21-23-25-26-27-28-29-31-33-36-39-42-45-48-55(60)61-51(46-43-40-37-34-18-15-12-9-6-3)49-54(59)56-52(50-57)53(58)47-44-41-38-35-32-30-24-22-20-17-14-11-8-5-2/h16,19,23,25,27-28,51-53,57-58H,4-15,17-18,20-22,24,26,29-50H2,1-3H3,(H,56,59)/b19-16-,25-23-,28-27-. The third-order valence-electron chi connectivity index (χ3n) is 12.2. The van der Waals surface area contributed by atoms with E-state index in [-0.39, 0.29) is 24.9 Å². The van der Waals surface area contributed by atoms with Crippen molar-refractivity contribution in [2.24, 2.45) is 0 Å². The number of aliphatic hydroxyl groups excluding tert-OH is 2. The Balaban J connectivity index is 4.43. The van der Waals surface area contributed by atoms with E-state index < -0.39 is 18.2 Å². The number of nitrogens with one attached hydrogen (secondary N) is 1. The highest BCUT2D eigenvalue weighted by atomic mass is 16.5. The third-order valence-corrected chi connectivity index (χ3v) is 12.2. The molecule has 3 unspecified atom stereocenters. The molecule has 0 saturated heterocycles. The maximum absolute atomic E-state index is 13.2. The van der Waals surface area contributed by atoms with Crippen molar-refractivity contribution in [3.05, 3.63) is 36.5 Å². The van der Waals surface area contributed by atoms with Crippen molar-refractivity contribution < 1.29 is 24.5 Å². The average Bonchev–Trinajstić information content (AvgIpc) is 3.25. The van der Waals surface area contributed by atoms with E-state index in [2.05, 4.69) is 62.5 Å². The van der Waals surface area contributed by atoms with E-state index in [1.165, 1.54) is 167 Å². The number of hydrogen-bond donors (Lipinski definition) is 3. The first-order valence-corrected chi connectivity index (χ1v) is 26.7. The molecular formula is C55H103NO5. The maximum Gasteiger partial charge on any atom is 0.306 e. The van der Waals surface area contributed by atoms with Crippen molar-refractivity contribution in [2.45, 2.75) is 296 Å². The molecule has 3 atom stereocenters. The molecule has 0 aromatic heterocycles. The lowest BCUT2D eigenvalue weighted by molar-refractivity contribution is -0.151. The van der Waals surface area contributed by atoms with E-state index in [0.717, 1.165) is 64.2 Å². The first-order chi connectivity index (χ1) is 30.0. The highest BCUT2D eigenvalue weighted by Gasteiger charge is 2.24. The van der Waals surface area contributed by atoms with E-state index in [9.17, 15) is 19.8 Å². The van der Waals surface area contributed by atoms with Crippen molar-refractivity contribution in [3.63, 3.8) is 0 Å². The quantitative estimate of drug-likeness (QED) is 0.0322. The molecule has 0 aromatic carbocycles. The first-order valence-electron chi connectivity index (χ1n) is 26.7. The number of ether oxygens (including phenoxy) is 1. The second-order valence-corrected chi connectivity index (χ2v) is 18.3. The van der Waals surface area contributed by atoms with E-state index in [0.29, 0.717) is 19.3 Å². The zero-order valence-electron chi connectivity index (χ0n) is 40.8. The molecule has 358 valence electrons. The van der Waals surface area contributed by atoms with Gasteiger partial charge in [-0.2, -0.15) is 0 Å². The van der Waals surface area contributed by atoms with Crippen molar-refractivity contribution in [1.82, 2.24) is 5.32 Å². The number of carbonyl (C=O) groups excluding carboxylic acids is 2. The summed E-state index contributed by atoms with van der Waals surface area (Å²) in [5.74, 6) is -0.479. The van der Waals surface area contributed by atoms with Gasteiger partial charge >= 0.3 is 5.97 Å². The van der Waals surface area contributed by atoms with Gasteiger partial charge in [0.2, 0.25) is 5.91 Å². The van der Waals surface area contributed by atoms with Crippen LogP contribution < -0.4 is 5.32 Å². The Hall–Kier alpha value is -1.92. The highest BCUT2D eigenvalue weighted by molar-refractivity contribution is 5.77. The second kappa shape index (κ2) is 49.1. The minimum Gasteiger partial charge on any atom is -0.462 e. The van der Waals surface area contributed by atoms with Crippen LogP contribution in [-0.2, 0) is 14.3 Å². The fraction of sp³-hybridized carbons (Fsp3) is 0.855. The van der Waals surface area contributed by atoms with E-state index >= 15 is 0 Å². The summed E-state index contributed by atoms with van der Waals surface area (Å²) in [6, 6.07) is -0.700. The Labute approximate surface area is 379 Å². The van der Waals surface area contributed by atoms with Crippen molar-refractivity contribution in [1.29, 1.82) is 0 Å². The maximum atomic E-state index is 13.2. The fourth-order valence-electron chi connectivity index (χ4n) is 8.14. The molecular weight excluding hydrogens is 755 g/mol. The van der Waals surface area contributed by atoms with Crippen LogP contribution in [0.25, 0.3) is 0 Å². The first kappa shape index (κ1) is 59.1. The van der Waals surface area contributed by atoms with Gasteiger partial charge in [0.25, 0.3) is 0 Å². The Morgan fingerprint density at radius 1 is 0.475 bits per heavy atom. The second-order valence-electron chi connectivity index (χ2n) is 18.3. The lowest BCUT2D eigenvalue weighted by atomic mass is 10.0. The molecule has 3 N–H and O–H groups in total. The van der Waals surface area contributed by atoms with Gasteiger partial charge in [-0.1, -0.05) is 237 Å². The van der Waals surface area contributed by atoms with Gasteiger partial charge in [0.1, 0.15) is 6.10 Å². The smallest absolute Gasteiger partial charge is 0.306 e. The Morgan fingerprint density at radius 3 is 1.30 bits per heavy atom. The molecule has 0 bridgehead atoms. The topological polar surface area (TPSA) is 95.9 Å². The Kier molecular flexibility index (Phi) is 47.6. The highest BCUT2D eigenvalue weighted by Crippen LogP contribution is 2.18. The van der Waals surface area contributed by atoms with Crippen LogP contribution in [0.1, 0.15) is 278 Å². The molecule has 6 heteroatoms. The van der Waals surface area contributed by atoms with Crippen LogP contribution in [-0.4, -0.2) is 46.9 Å². The van der Waals surface area contributed by atoms with Crippen LogP contribution in [0.15, 0.2) is 36.5 Å². The van der Waals surface area contributed by atoms with E-state index in [4.69, 9.17) is 4.74 Å². The fourth-order valence-corrected chi connectivity index (χ4v) is 8.14. The summed E-state index contributed by atoms with van der Waals surface area (Å²) < 4.78 is 5.92. The minimum absolute atomic E-state index is 0.0755. The number of allylic oxidation sites excluding steroid dienone is 6. The molecule has 0 radical (unpaired) electrons. The normalized spacial score (nSPS) is 13.5. The van der Waals surface area contributed by atoms with Gasteiger partial charge in [0.05, 0.1) is 25.2 Å². The molecule has 0 aliphatic rings. The van der Waals surface area contributed by atoms with Gasteiger partial charge in [0.15, 0.2) is 0 Å². The van der Waals surface area contributed by atoms with Crippen LogP contribution in [0.5, 0.6) is 0 Å². The Bertz CT molecular complexity index is 1010. The number of unbranched alkanes of at least 4 members (excludes halogenated alkanes) is 30. The molecule has 61 heavy (non-hydrogen) atoms. The van der Waals surface area contributed by atoms with Gasteiger partial charge in [-0.05, 0) is 64.2 Å². The molecule has 0 spiro atoms. The number of hydrogen-bond acceptors (Lipinski definition) is 5. The van der Waals surface area contributed by atoms with Crippen molar-refractivity contribution >= 4 is 11.9 Å². The molecule has 0 aromatic rings. The summed E-state index contributed by atoms with van der Waals surface area (Å²) in [7, 11) is 0. The minimum atomic E-state index is -0.786. The number of esters is 1. The lowest BCUT2D eigenvalue weighted by Crippen LogP contribution is -2.46. The van der Waals surface area contributed by atoms with Gasteiger partial charge in [-0.25, -0.2) is 0 Å². The lowest BCUT2D eigenvalue weighted by Gasteiger charge is -2.24. The molecule has 0 saturated carbocycles. The van der Waals surface area contributed by atoms with Crippen LogP contribution >= 0.6 is 0 Å². The zero-order valence-corrected chi connectivity index (χ0v) is 40.8. The van der Waals surface area contributed by atoms with Crippen LogP contribution in [0, 0.1) is 0 Å². The van der Waals surface area contributed by atoms with Gasteiger partial charge in [0, 0.05) is 6.42 Å². The van der Waals surface area contributed by atoms with Crippen LogP contribution in [0.3, 0.4) is 0 Å². The van der Waals surface area contributed by atoms with Crippen LogP contribution in [0.4, 0.5) is 0 Å². The molecule has 0 aliphatic carbocycles. The summed E-state index contributed by atoms with van der Waals surface area (Å²) in [6.45, 7) is 6.46. The summed E-state index contributed by atoms with van der Waals surface area (Å²) in [6.07, 6.45) is 57.8. The number of aliphatic hydroxyl groups is 2.